The van der Waals surface area contributed by atoms with Gasteiger partial charge in [-0.05, 0) is 57.8 Å². The summed E-state index contributed by atoms with van der Waals surface area (Å²) in [5, 5.41) is 0. The van der Waals surface area contributed by atoms with Crippen molar-refractivity contribution in [3.05, 3.63) is 48.6 Å². The van der Waals surface area contributed by atoms with E-state index in [0.717, 1.165) is 96.3 Å². The summed E-state index contributed by atoms with van der Waals surface area (Å²) >= 11 is 0. The lowest BCUT2D eigenvalue weighted by atomic mass is 10.0. The van der Waals surface area contributed by atoms with Crippen molar-refractivity contribution in [3.8, 4) is 0 Å². The highest BCUT2D eigenvalue weighted by molar-refractivity contribution is 5.71. The fourth-order valence-corrected chi connectivity index (χ4v) is 10.3. The lowest BCUT2D eigenvalue weighted by Crippen LogP contribution is -2.30. The second kappa shape index (κ2) is 65.9. The molecule has 0 amide bonds. The zero-order valence-electron chi connectivity index (χ0n) is 51.7. The molecule has 0 aliphatic carbocycles. The molecule has 450 valence electrons. The number of unbranched alkanes of at least 4 members (excludes halogenated alkanes) is 44. The fraction of sp³-hybridized carbons (Fsp3) is 0.845. The van der Waals surface area contributed by atoms with Gasteiger partial charge in [0.1, 0.15) is 13.2 Å². The van der Waals surface area contributed by atoms with E-state index in [2.05, 4.69) is 69.4 Å². The number of ether oxygens (including phenoxy) is 3. The van der Waals surface area contributed by atoms with Crippen LogP contribution in [-0.4, -0.2) is 37.2 Å². The van der Waals surface area contributed by atoms with E-state index in [1.165, 1.54) is 231 Å². The summed E-state index contributed by atoms with van der Waals surface area (Å²) in [6.07, 6.45) is 83.4. The summed E-state index contributed by atoms with van der Waals surface area (Å²) in [4.78, 5) is 38.0. The zero-order chi connectivity index (χ0) is 55.7. The number of carbonyl (C=O) groups is 3. The van der Waals surface area contributed by atoms with Gasteiger partial charge in [-0.15, -0.1) is 0 Å². The number of hydrogen-bond donors (Lipinski definition) is 0. The first-order chi connectivity index (χ1) is 38.0. The molecule has 0 saturated carbocycles. The van der Waals surface area contributed by atoms with E-state index >= 15 is 0 Å². The van der Waals surface area contributed by atoms with E-state index in [1.54, 1.807) is 0 Å². The molecule has 0 N–H and O–H groups in total. The maximum atomic E-state index is 12.8. The second-order valence-electron chi connectivity index (χ2n) is 23.1. The average Bonchev–Trinajstić information content (AvgIpc) is 3.43. The molecule has 0 aromatic heterocycles. The SMILES string of the molecule is CC/C=C\C/C=C\C/C=C\C/C=C\CCCCCCCCC(=O)OC(COC(=O)CCCCCCCC)COC(=O)CCCCCCCCCCCCCCCCCCCCCCCCCCCCCCCCCCCC. The standard InChI is InChI=1S/C71H130O6/c1-4-7-10-13-16-18-20-22-24-26-28-29-30-31-32-33-34-35-36-37-38-39-40-41-42-44-45-47-49-51-53-55-58-61-64-70(73)76-67-68(66-75-69(72)63-60-57-15-12-9-6-3)77-71(74)65-62-59-56-54-52-50-48-46-43-27-25-23-21-19-17-14-11-8-5-2/h8,11,17,19,23,25,43,46,68H,4-7,9-10,12-16,18,20-22,24,26-42,44-45,47-67H2,1-3H3/b11-8-,19-17-,25-23-,46-43-. The Kier molecular flexibility index (Phi) is 63.6. The van der Waals surface area contributed by atoms with Gasteiger partial charge < -0.3 is 14.2 Å². The minimum atomic E-state index is -0.777. The van der Waals surface area contributed by atoms with E-state index in [-0.39, 0.29) is 31.1 Å². The summed E-state index contributed by atoms with van der Waals surface area (Å²) in [5.74, 6) is -0.882. The molecule has 6 heteroatoms. The average molecular weight is 1080 g/mol. The predicted molar refractivity (Wildman–Crippen MR) is 335 cm³/mol. The van der Waals surface area contributed by atoms with Crippen LogP contribution in [-0.2, 0) is 28.6 Å². The van der Waals surface area contributed by atoms with E-state index in [0.29, 0.717) is 19.3 Å². The van der Waals surface area contributed by atoms with Crippen LogP contribution in [0.25, 0.3) is 0 Å². The molecular formula is C71H130O6. The number of rotatable bonds is 63. The van der Waals surface area contributed by atoms with Gasteiger partial charge >= 0.3 is 17.9 Å². The lowest BCUT2D eigenvalue weighted by molar-refractivity contribution is -0.167. The number of hydrogen-bond acceptors (Lipinski definition) is 6. The van der Waals surface area contributed by atoms with Crippen LogP contribution < -0.4 is 0 Å². The molecule has 0 heterocycles. The molecule has 6 nitrogen and oxygen atoms in total. The van der Waals surface area contributed by atoms with Crippen molar-refractivity contribution in [2.75, 3.05) is 13.2 Å². The van der Waals surface area contributed by atoms with Gasteiger partial charge in [-0.1, -0.05) is 339 Å². The highest BCUT2D eigenvalue weighted by atomic mass is 16.6. The minimum Gasteiger partial charge on any atom is -0.462 e. The summed E-state index contributed by atoms with van der Waals surface area (Å²) in [6.45, 7) is 6.51. The van der Waals surface area contributed by atoms with Crippen LogP contribution in [0.5, 0.6) is 0 Å². The molecule has 0 spiro atoms. The van der Waals surface area contributed by atoms with Gasteiger partial charge in [-0.3, -0.25) is 14.4 Å². The summed E-state index contributed by atoms with van der Waals surface area (Å²) in [5.41, 5.74) is 0. The van der Waals surface area contributed by atoms with Crippen molar-refractivity contribution in [1.29, 1.82) is 0 Å². The minimum absolute atomic E-state index is 0.0756. The molecule has 0 radical (unpaired) electrons. The molecule has 0 aliphatic heterocycles. The van der Waals surface area contributed by atoms with Crippen LogP contribution in [0, 0.1) is 0 Å². The molecule has 0 aromatic carbocycles. The smallest absolute Gasteiger partial charge is 0.306 e. The quantitative estimate of drug-likeness (QED) is 0.0261. The van der Waals surface area contributed by atoms with Crippen LogP contribution in [0.2, 0.25) is 0 Å². The molecule has 1 atom stereocenters. The zero-order valence-corrected chi connectivity index (χ0v) is 51.7. The van der Waals surface area contributed by atoms with E-state index in [9.17, 15) is 14.4 Å². The van der Waals surface area contributed by atoms with Crippen LogP contribution in [0.4, 0.5) is 0 Å². The Morgan fingerprint density at radius 2 is 0.506 bits per heavy atom. The second-order valence-corrected chi connectivity index (χ2v) is 23.1. The maximum absolute atomic E-state index is 12.8. The molecule has 0 aliphatic rings. The highest BCUT2D eigenvalue weighted by Gasteiger charge is 2.19. The summed E-state index contributed by atoms with van der Waals surface area (Å²) in [7, 11) is 0. The molecule has 0 saturated heterocycles. The van der Waals surface area contributed by atoms with Crippen molar-refractivity contribution < 1.29 is 28.6 Å². The molecule has 77 heavy (non-hydrogen) atoms. The van der Waals surface area contributed by atoms with Crippen molar-refractivity contribution in [2.45, 2.75) is 374 Å². The monoisotopic (exact) mass is 1080 g/mol. The highest BCUT2D eigenvalue weighted by Crippen LogP contribution is 2.19. The van der Waals surface area contributed by atoms with Gasteiger partial charge in [-0.25, -0.2) is 0 Å². The Balaban J connectivity index is 3.92. The molecule has 0 aromatic rings. The van der Waals surface area contributed by atoms with Crippen molar-refractivity contribution in [1.82, 2.24) is 0 Å². The largest absolute Gasteiger partial charge is 0.462 e. The van der Waals surface area contributed by atoms with E-state index < -0.39 is 6.10 Å². The van der Waals surface area contributed by atoms with E-state index in [4.69, 9.17) is 14.2 Å². The van der Waals surface area contributed by atoms with Crippen molar-refractivity contribution in [3.63, 3.8) is 0 Å². The third-order valence-corrected chi connectivity index (χ3v) is 15.3. The number of esters is 3. The maximum Gasteiger partial charge on any atom is 0.306 e. The fourth-order valence-electron chi connectivity index (χ4n) is 10.3. The van der Waals surface area contributed by atoms with Crippen LogP contribution >= 0.6 is 0 Å². The summed E-state index contributed by atoms with van der Waals surface area (Å²) in [6, 6.07) is 0. The van der Waals surface area contributed by atoms with E-state index in [1.807, 2.05) is 0 Å². The molecule has 0 fully saturated rings. The van der Waals surface area contributed by atoms with Gasteiger partial charge in [0.2, 0.25) is 0 Å². The van der Waals surface area contributed by atoms with Crippen LogP contribution in [0.3, 0.4) is 0 Å². The summed E-state index contributed by atoms with van der Waals surface area (Å²) < 4.78 is 16.8. The van der Waals surface area contributed by atoms with Gasteiger partial charge in [0.25, 0.3) is 0 Å². The topological polar surface area (TPSA) is 78.9 Å². The predicted octanol–water partition coefficient (Wildman–Crippen LogP) is 23.3. The first-order valence-electron chi connectivity index (χ1n) is 34.1. The Labute approximate surface area is 479 Å². The van der Waals surface area contributed by atoms with Gasteiger partial charge in [0.05, 0.1) is 0 Å². The number of allylic oxidation sites excluding steroid dienone is 8. The van der Waals surface area contributed by atoms with Crippen molar-refractivity contribution >= 4 is 17.9 Å². The molecule has 0 bridgehead atoms. The first-order valence-corrected chi connectivity index (χ1v) is 34.1. The third kappa shape index (κ3) is 64.1. The Bertz CT molecular complexity index is 1330. The van der Waals surface area contributed by atoms with Crippen molar-refractivity contribution in [2.24, 2.45) is 0 Å². The third-order valence-electron chi connectivity index (χ3n) is 15.3. The van der Waals surface area contributed by atoms with Crippen LogP contribution in [0.15, 0.2) is 48.6 Å². The number of carbonyl (C=O) groups excluding carboxylic acids is 3. The molecule has 1 unspecified atom stereocenters. The van der Waals surface area contributed by atoms with Gasteiger partial charge in [0.15, 0.2) is 6.10 Å². The van der Waals surface area contributed by atoms with Gasteiger partial charge in [-0.2, -0.15) is 0 Å². The Hall–Kier alpha value is -2.63. The Morgan fingerprint density at radius 3 is 0.792 bits per heavy atom. The molecule has 0 rings (SSSR count). The molecular weight excluding hydrogens is 949 g/mol. The normalized spacial score (nSPS) is 12.3. The van der Waals surface area contributed by atoms with Gasteiger partial charge in [0, 0.05) is 19.3 Å². The first kappa shape index (κ1) is 74.4. The lowest BCUT2D eigenvalue weighted by Gasteiger charge is -2.18. The van der Waals surface area contributed by atoms with Crippen LogP contribution in [0.1, 0.15) is 367 Å². The Morgan fingerprint density at radius 1 is 0.273 bits per heavy atom.